The van der Waals surface area contributed by atoms with Crippen molar-refractivity contribution in [3.63, 3.8) is 0 Å². The van der Waals surface area contributed by atoms with Gasteiger partial charge in [-0.3, -0.25) is 0 Å². The van der Waals surface area contributed by atoms with E-state index in [-0.39, 0.29) is 17.7 Å². The Morgan fingerprint density at radius 2 is 1.92 bits per heavy atom. The fourth-order valence-corrected chi connectivity index (χ4v) is 3.19. The summed E-state index contributed by atoms with van der Waals surface area (Å²) in [6.45, 7) is 9.53. The average Bonchev–Trinajstić information content (AvgIpc) is 2.81. The van der Waals surface area contributed by atoms with Crippen molar-refractivity contribution in [2.75, 3.05) is 38.2 Å². The number of carbonyl (C=O) groups is 1. The Morgan fingerprint density at radius 1 is 1.21 bits per heavy atom. The first-order chi connectivity index (χ1) is 11.4. The number of para-hydroxylation sites is 1. The van der Waals surface area contributed by atoms with Gasteiger partial charge in [-0.1, -0.05) is 18.2 Å². The van der Waals surface area contributed by atoms with Crippen LogP contribution in [0.2, 0.25) is 0 Å². The van der Waals surface area contributed by atoms with E-state index in [0.717, 1.165) is 39.0 Å². The smallest absolute Gasteiger partial charge is 0.317 e. The third-order valence-electron chi connectivity index (χ3n) is 4.62. The van der Waals surface area contributed by atoms with Crippen molar-refractivity contribution in [2.45, 2.75) is 45.3 Å². The molecule has 1 saturated heterocycles. The lowest BCUT2D eigenvalue weighted by atomic mass is 10.00. The zero-order chi connectivity index (χ0) is 17.6. The molecule has 1 aliphatic heterocycles. The van der Waals surface area contributed by atoms with E-state index in [1.807, 2.05) is 31.7 Å². The zero-order valence-corrected chi connectivity index (χ0v) is 15.4. The summed E-state index contributed by atoms with van der Waals surface area (Å²) in [6.07, 6.45) is 1.78. The van der Waals surface area contributed by atoms with Crippen molar-refractivity contribution in [1.82, 2.24) is 10.2 Å². The molecule has 1 fully saturated rings. The van der Waals surface area contributed by atoms with E-state index in [4.69, 9.17) is 4.74 Å². The van der Waals surface area contributed by atoms with Gasteiger partial charge < -0.3 is 19.9 Å². The van der Waals surface area contributed by atoms with Crippen molar-refractivity contribution < 1.29 is 9.53 Å². The lowest BCUT2D eigenvalue weighted by molar-refractivity contribution is 0.00916. The van der Waals surface area contributed by atoms with Gasteiger partial charge in [0.25, 0.3) is 0 Å². The van der Waals surface area contributed by atoms with E-state index >= 15 is 0 Å². The molecule has 5 nitrogen and oxygen atoms in total. The monoisotopic (exact) mass is 333 g/mol. The molecule has 0 aliphatic carbocycles. The van der Waals surface area contributed by atoms with Gasteiger partial charge in [-0.15, -0.1) is 0 Å². The van der Waals surface area contributed by atoms with Gasteiger partial charge in [0.15, 0.2) is 0 Å². The molecule has 1 aromatic carbocycles. The molecule has 0 radical (unpaired) electrons. The number of urea groups is 1. The molecule has 134 valence electrons. The minimum absolute atomic E-state index is 0.0318. The van der Waals surface area contributed by atoms with Crippen LogP contribution in [0.5, 0.6) is 0 Å². The number of carbonyl (C=O) groups excluding carboxylic acids is 1. The van der Waals surface area contributed by atoms with E-state index in [1.54, 1.807) is 7.11 Å². The SMILES string of the molecule is COC(C)(C)C[C@@H](C)NC(=O)N1CCCN(c2ccccc2)CC1. The quantitative estimate of drug-likeness (QED) is 0.900. The van der Waals surface area contributed by atoms with Gasteiger partial charge in [0.2, 0.25) is 0 Å². The predicted octanol–water partition coefficient (Wildman–Crippen LogP) is 3.11. The summed E-state index contributed by atoms with van der Waals surface area (Å²) in [5.74, 6) is 0. The molecule has 1 atom stereocenters. The van der Waals surface area contributed by atoms with Gasteiger partial charge >= 0.3 is 6.03 Å². The maximum atomic E-state index is 12.5. The molecule has 24 heavy (non-hydrogen) atoms. The molecule has 0 aromatic heterocycles. The second-order valence-electron chi connectivity index (χ2n) is 7.18. The summed E-state index contributed by atoms with van der Waals surface area (Å²) < 4.78 is 5.45. The molecule has 5 heteroatoms. The van der Waals surface area contributed by atoms with Crippen LogP contribution in [0.15, 0.2) is 30.3 Å². The Kier molecular flexibility index (Phi) is 6.49. The molecule has 1 aliphatic rings. The highest BCUT2D eigenvalue weighted by molar-refractivity contribution is 5.74. The largest absolute Gasteiger partial charge is 0.379 e. The number of nitrogens with zero attached hydrogens (tertiary/aromatic N) is 2. The number of methoxy groups -OCH3 is 1. The number of nitrogens with one attached hydrogen (secondary N) is 1. The molecular weight excluding hydrogens is 302 g/mol. The van der Waals surface area contributed by atoms with E-state index in [9.17, 15) is 4.79 Å². The number of amides is 2. The summed E-state index contributed by atoms with van der Waals surface area (Å²) in [7, 11) is 1.71. The summed E-state index contributed by atoms with van der Waals surface area (Å²) in [6, 6.07) is 10.5. The molecule has 0 unspecified atom stereocenters. The average molecular weight is 333 g/mol. The second kappa shape index (κ2) is 8.38. The maximum absolute atomic E-state index is 12.5. The first-order valence-corrected chi connectivity index (χ1v) is 8.82. The third kappa shape index (κ3) is 5.41. The first kappa shape index (κ1) is 18.6. The van der Waals surface area contributed by atoms with Gasteiger partial charge in [-0.25, -0.2) is 4.79 Å². The summed E-state index contributed by atoms with van der Waals surface area (Å²) in [4.78, 5) is 16.8. The van der Waals surface area contributed by atoms with Crippen LogP contribution in [0.4, 0.5) is 10.5 Å². The van der Waals surface area contributed by atoms with E-state index < -0.39 is 0 Å². The molecule has 1 heterocycles. The Labute approximate surface area is 146 Å². The molecule has 0 bridgehead atoms. The van der Waals surface area contributed by atoms with Crippen LogP contribution in [0.25, 0.3) is 0 Å². The number of benzene rings is 1. The molecule has 0 saturated carbocycles. The van der Waals surface area contributed by atoms with Crippen LogP contribution in [0.1, 0.15) is 33.6 Å². The number of hydrogen-bond acceptors (Lipinski definition) is 3. The lowest BCUT2D eigenvalue weighted by Crippen LogP contribution is -2.47. The van der Waals surface area contributed by atoms with E-state index in [1.165, 1.54) is 5.69 Å². The molecule has 1 aromatic rings. The highest BCUT2D eigenvalue weighted by atomic mass is 16.5. The minimum atomic E-state index is -0.227. The summed E-state index contributed by atoms with van der Waals surface area (Å²) >= 11 is 0. The first-order valence-electron chi connectivity index (χ1n) is 8.82. The normalized spacial score (nSPS) is 17.3. The third-order valence-corrected chi connectivity index (χ3v) is 4.62. The number of hydrogen-bond donors (Lipinski definition) is 1. The topological polar surface area (TPSA) is 44.8 Å². The van der Waals surface area contributed by atoms with Crippen molar-refractivity contribution >= 4 is 11.7 Å². The highest BCUT2D eigenvalue weighted by Crippen LogP contribution is 2.17. The Balaban J connectivity index is 1.85. The maximum Gasteiger partial charge on any atom is 0.317 e. The number of anilines is 1. The highest BCUT2D eigenvalue weighted by Gasteiger charge is 2.24. The van der Waals surface area contributed by atoms with Gasteiger partial charge in [0, 0.05) is 45.0 Å². The van der Waals surface area contributed by atoms with Crippen LogP contribution in [0, 0.1) is 0 Å². The standard InChI is InChI=1S/C19H31N3O2/c1-16(15-19(2,3)24-4)20-18(23)22-12-8-11-21(13-14-22)17-9-6-5-7-10-17/h5-7,9-10,16H,8,11-15H2,1-4H3,(H,20,23)/t16-/m1/s1. The molecule has 1 N–H and O–H groups in total. The van der Waals surface area contributed by atoms with Crippen LogP contribution in [-0.2, 0) is 4.74 Å². The van der Waals surface area contributed by atoms with Crippen molar-refractivity contribution in [3.8, 4) is 0 Å². The minimum Gasteiger partial charge on any atom is -0.379 e. The second-order valence-corrected chi connectivity index (χ2v) is 7.18. The fourth-order valence-electron chi connectivity index (χ4n) is 3.19. The van der Waals surface area contributed by atoms with Crippen molar-refractivity contribution in [3.05, 3.63) is 30.3 Å². The Hall–Kier alpha value is -1.75. The van der Waals surface area contributed by atoms with Crippen LogP contribution < -0.4 is 10.2 Å². The lowest BCUT2D eigenvalue weighted by Gasteiger charge is -2.29. The molecule has 2 rings (SSSR count). The van der Waals surface area contributed by atoms with E-state index in [2.05, 4.69) is 34.5 Å². The van der Waals surface area contributed by atoms with Gasteiger partial charge in [0.1, 0.15) is 0 Å². The molecule has 2 amide bonds. The fraction of sp³-hybridized carbons (Fsp3) is 0.632. The Morgan fingerprint density at radius 3 is 2.58 bits per heavy atom. The van der Waals surface area contributed by atoms with Crippen molar-refractivity contribution in [1.29, 1.82) is 0 Å². The predicted molar refractivity (Wildman–Crippen MR) is 98.5 cm³/mol. The number of rotatable bonds is 5. The molecular formula is C19H31N3O2. The van der Waals surface area contributed by atoms with Gasteiger partial charge in [0.05, 0.1) is 5.60 Å². The van der Waals surface area contributed by atoms with Crippen LogP contribution in [-0.4, -0.2) is 55.9 Å². The van der Waals surface area contributed by atoms with Crippen LogP contribution in [0.3, 0.4) is 0 Å². The summed E-state index contributed by atoms with van der Waals surface area (Å²) in [5, 5.41) is 3.11. The van der Waals surface area contributed by atoms with Gasteiger partial charge in [-0.05, 0) is 45.7 Å². The van der Waals surface area contributed by atoms with E-state index in [0.29, 0.717) is 0 Å². The number of ether oxygens (including phenoxy) is 1. The Bertz CT molecular complexity index is 519. The van der Waals surface area contributed by atoms with Gasteiger partial charge in [-0.2, -0.15) is 0 Å². The van der Waals surface area contributed by atoms with Crippen LogP contribution >= 0.6 is 0 Å². The summed E-state index contributed by atoms with van der Waals surface area (Å²) in [5.41, 5.74) is 1.00. The molecule has 0 spiro atoms. The van der Waals surface area contributed by atoms with Crippen molar-refractivity contribution in [2.24, 2.45) is 0 Å². The zero-order valence-electron chi connectivity index (χ0n) is 15.4.